The third-order valence-corrected chi connectivity index (χ3v) is 3.42. The number of nitro groups is 1. The standard InChI is InChI=1S/C17H13N3O5/c1-11-6-8-12(9-7-11)16-18-15(19-25-16)10-24-17(21)13-4-2-3-5-14(13)20(22)23/h2-9H,10H2,1H3. The van der Waals surface area contributed by atoms with Crippen LogP contribution in [0.3, 0.4) is 0 Å². The maximum absolute atomic E-state index is 12.0. The normalized spacial score (nSPS) is 10.4. The minimum absolute atomic E-state index is 0.130. The molecule has 0 N–H and O–H groups in total. The van der Waals surface area contributed by atoms with Crippen LogP contribution in [-0.2, 0) is 11.3 Å². The minimum atomic E-state index is -0.825. The van der Waals surface area contributed by atoms with Crippen LogP contribution in [0.25, 0.3) is 11.5 Å². The lowest BCUT2D eigenvalue weighted by molar-refractivity contribution is -0.385. The van der Waals surface area contributed by atoms with Crippen LogP contribution in [0.15, 0.2) is 53.1 Å². The third kappa shape index (κ3) is 3.69. The molecule has 0 radical (unpaired) electrons. The molecule has 0 amide bonds. The first kappa shape index (κ1) is 16.3. The number of nitro benzene ring substituents is 1. The number of nitrogens with zero attached hydrogens (tertiary/aromatic N) is 3. The van der Waals surface area contributed by atoms with Crippen LogP contribution < -0.4 is 0 Å². The summed E-state index contributed by atoms with van der Waals surface area (Å²) in [7, 11) is 0. The van der Waals surface area contributed by atoms with Crippen LogP contribution in [0.1, 0.15) is 21.7 Å². The molecule has 3 aromatic rings. The van der Waals surface area contributed by atoms with E-state index < -0.39 is 10.9 Å². The molecule has 0 saturated carbocycles. The monoisotopic (exact) mass is 339 g/mol. The van der Waals surface area contributed by atoms with Gasteiger partial charge in [-0.25, -0.2) is 4.79 Å². The van der Waals surface area contributed by atoms with Crippen LogP contribution >= 0.6 is 0 Å². The van der Waals surface area contributed by atoms with Gasteiger partial charge in [-0.15, -0.1) is 0 Å². The summed E-state index contributed by atoms with van der Waals surface area (Å²) >= 11 is 0. The Kier molecular flexibility index (Phi) is 4.51. The summed E-state index contributed by atoms with van der Waals surface area (Å²) in [6.45, 7) is 1.71. The van der Waals surface area contributed by atoms with Gasteiger partial charge in [0.15, 0.2) is 6.61 Å². The second-order valence-electron chi connectivity index (χ2n) is 5.23. The van der Waals surface area contributed by atoms with Gasteiger partial charge < -0.3 is 9.26 Å². The number of hydrogen-bond donors (Lipinski definition) is 0. The highest BCUT2D eigenvalue weighted by Crippen LogP contribution is 2.20. The molecule has 0 bridgehead atoms. The van der Waals surface area contributed by atoms with Crippen LogP contribution in [-0.4, -0.2) is 21.0 Å². The molecule has 0 atom stereocenters. The number of ether oxygens (including phenoxy) is 1. The van der Waals surface area contributed by atoms with Gasteiger partial charge in [-0.2, -0.15) is 4.98 Å². The van der Waals surface area contributed by atoms with Gasteiger partial charge in [0.1, 0.15) is 5.56 Å². The van der Waals surface area contributed by atoms with Crippen molar-refractivity contribution in [1.82, 2.24) is 10.1 Å². The van der Waals surface area contributed by atoms with Gasteiger partial charge in [-0.05, 0) is 25.1 Å². The molecule has 2 aromatic carbocycles. The van der Waals surface area contributed by atoms with Crippen molar-refractivity contribution in [2.45, 2.75) is 13.5 Å². The smallest absolute Gasteiger partial charge is 0.345 e. The topological polar surface area (TPSA) is 108 Å². The van der Waals surface area contributed by atoms with Gasteiger partial charge in [0.25, 0.3) is 11.6 Å². The van der Waals surface area contributed by atoms with Crippen molar-refractivity contribution in [3.8, 4) is 11.5 Å². The molecule has 0 aliphatic rings. The Morgan fingerprint density at radius 2 is 1.92 bits per heavy atom. The number of esters is 1. The van der Waals surface area contributed by atoms with Crippen LogP contribution in [0.2, 0.25) is 0 Å². The van der Waals surface area contributed by atoms with E-state index in [1.807, 2.05) is 31.2 Å². The Morgan fingerprint density at radius 1 is 1.20 bits per heavy atom. The van der Waals surface area contributed by atoms with E-state index in [4.69, 9.17) is 9.26 Å². The second kappa shape index (κ2) is 6.91. The predicted octanol–water partition coefficient (Wildman–Crippen LogP) is 3.31. The highest BCUT2D eigenvalue weighted by molar-refractivity contribution is 5.93. The van der Waals surface area contributed by atoms with Crippen LogP contribution in [0.4, 0.5) is 5.69 Å². The number of para-hydroxylation sites is 1. The quantitative estimate of drug-likeness (QED) is 0.398. The molecule has 0 fully saturated rings. The van der Waals surface area contributed by atoms with E-state index in [1.54, 1.807) is 0 Å². The zero-order valence-electron chi connectivity index (χ0n) is 13.2. The Bertz CT molecular complexity index is 918. The Balaban J connectivity index is 1.69. The first-order chi connectivity index (χ1) is 12.0. The number of carbonyl (C=O) groups excluding carboxylic acids is 1. The maximum Gasteiger partial charge on any atom is 0.345 e. The molecule has 1 heterocycles. The average molecular weight is 339 g/mol. The Labute approximate surface area is 142 Å². The Hall–Kier alpha value is -3.55. The van der Waals surface area contributed by atoms with Gasteiger partial charge in [-0.3, -0.25) is 10.1 Å². The van der Waals surface area contributed by atoms with Gasteiger partial charge in [-0.1, -0.05) is 35.0 Å². The fourth-order valence-electron chi connectivity index (χ4n) is 2.14. The molecule has 126 valence electrons. The molecule has 0 aliphatic carbocycles. The van der Waals surface area contributed by atoms with E-state index in [2.05, 4.69) is 10.1 Å². The first-order valence-electron chi connectivity index (χ1n) is 7.35. The third-order valence-electron chi connectivity index (χ3n) is 3.42. The van der Waals surface area contributed by atoms with Crippen molar-refractivity contribution in [1.29, 1.82) is 0 Å². The fourth-order valence-corrected chi connectivity index (χ4v) is 2.14. The maximum atomic E-state index is 12.0. The average Bonchev–Trinajstić information content (AvgIpc) is 3.09. The summed E-state index contributed by atoms with van der Waals surface area (Å²) in [6, 6.07) is 13.1. The predicted molar refractivity (Wildman–Crippen MR) is 86.7 cm³/mol. The summed E-state index contributed by atoms with van der Waals surface area (Å²) < 4.78 is 10.2. The SMILES string of the molecule is Cc1ccc(-c2nc(COC(=O)c3ccccc3[N+](=O)[O-])no2)cc1. The van der Waals surface area contributed by atoms with Crippen molar-refractivity contribution in [3.63, 3.8) is 0 Å². The molecule has 25 heavy (non-hydrogen) atoms. The summed E-state index contributed by atoms with van der Waals surface area (Å²) in [5.41, 5.74) is 1.40. The molecule has 8 heteroatoms. The summed E-state index contributed by atoms with van der Waals surface area (Å²) in [5.74, 6) is -0.353. The van der Waals surface area contributed by atoms with E-state index in [0.29, 0.717) is 5.89 Å². The molecule has 0 spiro atoms. The van der Waals surface area contributed by atoms with Crippen molar-refractivity contribution in [3.05, 3.63) is 75.6 Å². The van der Waals surface area contributed by atoms with Crippen molar-refractivity contribution >= 4 is 11.7 Å². The first-order valence-corrected chi connectivity index (χ1v) is 7.35. The largest absolute Gasteiger partial charge is 0.454 e. The van der Waals surface area contributed by atoms with E-state index in [0.717, 1.165) is 11.1 Å². The highest BCUT2D eigenvalue weighted by Gasteiger charge is 2.21. The molecular formula is C17H13N3O5. The molecule has 0 saturated heterocycles. The van der Waals surface area contributed by atoms with Crippen LogP contribution in [0, 0.1) is 17.0 Å². The van der Waals surface area contributed by atoms with Gasteiger partial charge in [0, 0.05) is 11.6 Å². The summed E-state index contributed by atoms with van der Waals surface area (Å²) in [4.78, 5) is 26.5. The molecule has 0 unspecified atom stereocenters. The van der Waals surface area contributed by atoms with E-state index in [-0.39, 0.29) is 23.7 Å². The molecule has 1 aromatic heterocycles. The van der Waals surface area contributed by atoms with Crippen molar-refractivity contribution < 1.29 is 19.0 Å². The zero-order chi connectivity index (χ0) is 17.8. The van der Waals surface area contributed by atoms with Gasteiger partial charge in [0.05, 0.1) is 4.92 Å². The van der Waals surface area contributed by atoms with E-state index in [1.165, 1.54) is 24.3 Å². The number of hydrogen-bond acceptors (Lipinski definition) is 7. The highest BCUT2D eigenvalue weighted by atomic mass is 16.6. The molecule has 3 rings (SSSR count). The minimum Gasteiger partial charge on any atom is -0.454 e. The lowest BCUT2D eigenvalue weighted by atomic mass is 10.1. The van der Waals surface area contributed by atoms with E-state index in [9.17, 15) is 14.9 Å². The van der Waals surface area contributed by atoms with Crippen molar-refractivity contribution in [2.24, 2.45) is 0 Å². The van der Waals surface area contributed by atoms with Gasteiger partial charge >= 0.3 is 5.97 Å². The summed E-state index contributed by atoms with van der Waals surface area (Å²) in [6.07, 6.45) is 0. The lowest BCUT2D eigenvalue weighted by Gasteiger charge is -2.02. The fraction of sp³-hybridized carbons (Fsp3) is 0.118. The van der Waals surface area contributed by atoms with Crippen LogP contribution in [0.5, 0.6) is 0 Å². The molecule has 0 aliphatic heterocycles. The number of carbonyl (C=O) groups is 1. The summed E-state index contributed by atoms with van der Waals surface area (Å²) in [5, 5.41) is 14.7. The number of aromatic nitrogens is 2. The number of aryl methyl sites for hydroxylation is 1. The zero-order valence-corrected chi connectivity index (χ0v) is 13.2. The Morgan fingerprint density at radius 3 is 2.64 bits per heavy atom. The lowest BCUT2D eigenvalue weighted by Crippen LogP contribution is -2.08. The number of rotatable bonds is 5. The molecular weight excluding hydrogens is 326 g/mol. The van der Waals surface area contributed by atoms with E-state index >= 15 is 0 Å². The van der Waals surface area contributed by atoms with Gasteiger partial charge in [0.2, 0.25) is 5.82 Å². The van der Waals surface area contributed by atoms with Crippen molar-refractivity contribution in [2.75, 3.05) is 0 Å². The molecule has 8 nitrogen and oxygen atoms in total. The second-order valence-corrected chi connectivity index (χ2v) is 5.23. The number of benzene rings is 2.